The number of halogens is 2. The van der Waals surface area contributed by atoms with Gasteiger partial charge in [-0.1, -0.05) is 12.1 Å². The van der Waals surface area contributed by atoms with Crippen molar-refractivity contribution in [3.63, 3.8) is 0 Å². The van der Waals surface area contributed by atoms with Crippen molar-refractivity contribution in [2.45, 2.75) is 6.92 Å². The quantitative estimate of drug-likeness (QED) is 0.774. The van der Waals surface area contributed by atoms with Crippen LogP contribution in [0.15, 0.2) is 47.4 Å². The average molecular weight is 402 g/mol. The fraction of sp³-hybridized carbons (Fsp3) is 0.150. The van der Waals surface area contributed by atoms with Gasteiger partial charge >= 0.3 is 0 Å². The van der Waals surface area contributed by atoms with Crippen molar-refractivity contribution in [1.29, 1.82) is 0 Å². The number of nitrogens with zero attached hydrogens (tertiary/aromatic N) is 1. The molecule has 1 saturated heterocycles. The monoisotopic (exact) mass is 402 g/mol. The number of hydrogen-bond acceptors (Lipinski definition) is 4. The molecule has 144 valence electrons. The maximum atomic E-state index is 13.3. The van der Waals surface area contributed by atoms with E-state index < -0.39 is 28.7 Å². The van der Waals surface area contributed by atoms with Crippen molar-refractivity contribution in [3.8, 4) is 0 Å². The summed E-state index contributed by atoms with van der Waals surface area (Å²) >= 11 is 0.790. The Morgan fingerprint density at radius 2 is 1.86 bits per heavy atom. The molecule has 1 N–H and O–H groups in total. The summed E-state index contributed by atoms with van der Waals surface area (Å²) in [6.07, 6.45) is 1.52. The third-order valence-corrected chi connectivity index (χ3v) is 4.99. The number of carbonyl (C=O) groups is 3. The molecular weight excluding hydrogens is 386 g/mol. The van der Waals surface area contributed by atoms with Crippen LogP contribution >= 0.6 is 11.8 Å². The second-order valence-electron chi connectivity index (χ2n) is 6.10. The molecule has 0 saturated carbocycles. The molecule has 3 amide bonds. The number of amides is 3. The minimum Gasteiger partial charge on any atom is -0.350 e. The average Bonchev–Trinajstić information content (AvgIpc) is 2.93. The molecule has 3 rings (SSSR count). The molecule has 0 aliphatic carbocycles. The summed E-state index contributed by atoms with van der Waals surface area (Å²) in [5.41, 5.74) is 1.25. The third-order valence-electron chi connectivity index (χ3n) is 4.08. The molecule has 8 heteroatoms. The topological polar surface area (TPSA) is 66.5 Å². The first kappa shape index (κ1) is 19.8. The summed E-state index contributed by atoms with van der Waals surface area (Å²) in [6.45, 7) is 1.63. The summed E-state index contributed by atoms with van der Waals surface area (Å²) in [6, 6.07) is 9.55. The van der Waals surface area contributed by atoms with Gasteiger partial charge in [0.15, 0.2) is 0 Å². The minimum atomic E-state index is -0.466. The lowest BCUT2D eigenvalue weighted by atomic mass is 10.1. The van der Waals surface area contributed by atoms with Crippen LogP contribution in [0.3, 0.4) is 0 Å². The van der Waals surface area contributed by atoms with Crippen molar-refractivity contribution >= 4 is 34.9 Å². The van der Waals surface area contributed by atoms with E-state index in [0.717, 1.165) is 16.7 Å². The highest BCUT2D eigenvalue weighted by Crippen LogP contribution is 2.31. The zero-order valence-electron chi connectivity index (χ0n) is 14.9. The van der Waals surface area contributed by atoms with E-state index in [2.05, 4.69) is 5.32 Å². The fourth-order valence-electron chi connectivity index (χ4n) is 2.57. The molecule has 0 unspecified atom stereocenters. The van der Waals surface area contributed by atoms with Crippen molar-refractivity contribution in [1.82, 2.24) is 10.2 Å². The molecule has 1 heterocycles. The Morgan fingerprint density at radius 1 is 1.14 bits per heavy atom. The van der Waals surface area contributed by atoms with Crippen LogP contribution in [0.1, 0.15) is 21.5 Å². The van der Waals surface area contributed by atoms with Gasteiger partial charge in [0.05, 0.1) is 4.91 Å². The molecule has 0 atom stereocenters. The SMILES string of the molecule is Cc1cc(C(=O)NCCN2C(=O)S/C(=C/c3ccc(F)cc3)C2=O)ccc1F. The van der Waals surface area contributed by atoms with E-state index in [1.165, 1.54) is 48.5 Å². The zero-order chi connectivity index (χ0) is 20.3. The Morgan fingerprint density at radius 3 is 2.54 bits per heavy atom. The van der Waals surface area contributed by atoms with Crippen molar-refractivity contribution < 1.29 is 23.2 Å². The van der Waals surface area contributed by atoms with Gasteiger partial charge in [0.1, 0.15) is 11.6 Å². The Hall–Kier alpha value is -3.00. The molecule has 1 aliphatic heterocycles. The van der Waals surface area contributed by atoms with Gasteiger partial charge in [-0.25, -0.2) is 8.78 Å². The molecule has 28 heavy (non-hydrogen) atoms. The second kappa shape index (κ2) is 8.35. The molecule has 2 aromatic carbocycles. The van der Waals surface area contributed by atoms with Crippen molar-refractivity contribution in [2.24, 2.45) is 0 Å². The summed E-state index contributed by atoms with van der Waals surface area (Å²) in [5, 5.41) is 2.17. The number of rotatable bonds is 5. The van der Waals surface area contributed by atoms with Crippen molar-refractivity contribution in [3.05, 3.63) is 75.7 Å². The van der Waals surface area contributed by atoms with Crippen LogP contribution in [-0.2, 0) is 4.79 Å². The Balaban J connectivity index is 1.59. The van der Waals surface area contributed by atoms with Gasteiger partial charge in [-0.15, -0.1) is 0 Å². The highest BCUT2D eigenvalue weighted by Gasteiger charge is 2.34. The largest absolute Gasteiger partial charge is 0.350 e. The van der Waals surface area contributed by atoms with E-state index in [1.54, 1.807) is 6.92 Å². The summed E-state index contributed by atoms with van der Waals surface area (Å²) in [4.78, 5) is 37.9. The molecule has 1 fully saturated rings. The first-order chi connectivity index (χ1) is 13.3. The maximum Gasteiger partial charge on any atom is 0.293 e. The number of imide groups is 1. The lowest BCUT2D eigenvalue weighted by molar-refractivity contribution is -0.122. The van der Waals surface area contributed by atoms with Crippen molar-refractivity contribution in [2.75, 3.05) is 13.1 Å². The number of benzene rings is 2. The fourth-order valence-corrected chi connectivity index (χ4v) is 3.44. The van der Waals surface area contributed by atoms with Gasteiger partial charge in [0, 0.05) is 18.7 Å². The highest BCUT2D eigenvalue weighted by molar-refractivity contribution is 8.18. The summed E-state index contributed by atoms with van der Waals surface area (Å²) in [7, 11) is 0. The smallest absolute Gasteiger partial charge is 0.293 e. The predicted molar refractivity (Wildman–Crippen MR) is 103 cm³/mol. The Labute approximate surface area is 164 Å². The number of aryl methyl sites for hydroxylation is 1. The van der Waals surface area contributed by atoms with E-state index in [9.17, 15) is 23.2 Å². The Kier molecular flexibility index (Phi) is 5.89. The van der Waals surface area contributed by atoms with Gasteiger partial charge in [-0.05, 0) is 66.2 Å². The van der Waals surface area contributed by atoms with Gasteiger partial charge in [0.25, 0.3) is 17.1 Å². The van der Waals surface area contributed by atoms with Crippen LogP contribution < -0.4 is 5.32 Å². The van der Waals surface area contributed by atoms with Crippen LogP contribution in [0, 0.1) is 18.6 Å². The van der Waals surface area contributed by atoms with Gasteiger partial charge in [-0.2, -0.15) is 0 Å². The summed E-state index contributed by atoms with van der Waals surface area (Å²) < 4.78 is 26.2. The number of hydrogen-bond donors (Lipinski definition) is 1. The summed E-state index contributed by atoms with van der Waals surface area (Å²) in [5.74, 6) is -1.68. The third kappa shape index (κ3) is 4.45. The molecule has 2 aromatic rings. The minimum absolute atomic E-state index is 0.0113. The standard InChI is InChI=1S/C20H16F2N2O3S/c1-12-10-14(4-7-16(12)22)18(25)23-8-9-24-19(26)17(28-20(24)27)11-13-2-5-15(21)6-3-13/h2-7,10-11H,8-9H2,1H3,(H,23,25)/b17-11+. The maximum absolute atomic E-state index is 13.3. The zero-order valence-corrected chi connectivity index (χ0v) is 15.7. The van der Waals surface area contributed by atoms with E-state index >= 15 is 0 Å². The first-order valence-electron chi connectivity index (χ1n) is 8.40. The van der Waals surface area contributed by atoms with Gasteiger partial charge < -0.3 is 5.32 Å². The molecular formula is C20H16F2N2O3S. The molecule has 0 radical (unpaired) electrons. The van der Waals surface area contributed by atoms with E-state index in [4.69, 9.17) is 0 Å². The number of carbonyl (C=O) groups excluding carboxylic acids is 3. The van der Waals surface area contributed by atoms with Crippen LogP contribution in [0.25, 0.3) is 6.08 Å². The molecule has 0 spiro atoms. The van der Waals surface area contributed by atoms with E-state index in [1.807, 2.05) is 0 Å². The Bertz CT molecular complexity index is 974. The molecule has 0 aromatic heterocycles. The van der Waals surface area contributed by atoms with Crippen LogP contribution in [0.4, 0.5) is 13.6 Å². The lowest BCUT2D eigenvalue weighted by Gasteiger charge is -2.13. The first-order valence-corrected chi connectivity index (χ1v) is 9.22. The number of nitrogens with one attached hydrogen (secondary N) is 1. The van der Waals surface area contributed by atoms with Crippen LogP contribution in [-0.4, -0.2) is 35.0 Å². The lowest BCUT2D eigenvalue weighted by Crippen LogP contribution is -2.37. The van der Waals surface area contributed by atoms with Gasteiger partial charge in [0.2, 0.25) is 0 Å². The normalized spacial score (nSPS) is 15.4. The highest BCUT2D eigenvalue weighted by atomic mass is 32.2. The predicted octanol–water partition coefficient (Wildman–Crippen LogP) is 3.74. The van der Waals surface area contributed by atoms with Crippen LogP contribution in [0.5, 0.6) is 0 Å². The van der Waals surface area contributed by atoms with Crippen LogP contribution in [0.2, 0.25) is 0 Å². The molecule has 1 aliphatic rings. The van der Waals surface area contributed by atoms with E-state index in [-0.39, 0.29) is 18.0 Å². The second-order valence-corrected chi connectivity index (χ2v) is 7.10. The van der Waals surface area contributed by atoms with E-state index in [0.29, 0.717) is 16.7 Å². The molecule has 0 bridgehead atoms. The molecule has 5 nitrogen and oxygen atoms in total. The van der Waals surface area contributed by atoms with Gasteiger partial charge in [-0.3, -0.25) is 19.3 Å². The number of thioether (sulfide) groups is 1.